The lowest BCUT2D eigenvalue weighted by atomic mass is 9.52. The lowest BCUT2D eigenvalue weighted by Crippen LogP contribution is -2.45. The average molecular weight is 276 g/mol. The molecule has 0 N–H and O–H groups in total. The van der Waals surface area contributed by atoms with Crippen LogP contribution in [-0.2, 0) is 14.3 Å². The maximum absolute atomic E-state index is 12.4. The van der Waals surface area contributed by atoms with E-state index in [4.69, 9.17) is 4.74 Å². The van der Waals surface area contributed by atoms with E-state index >= 15 is 0 Å². The molecule has 0 amide bonds. The van der Waals surface area contributed by atoms with Crippen LogP contribution in [0, 0.1) is 17.3 Å². The third kappa shape index (κ3) is 3.02. The summed E-state index contributed by atoms with van der Waals surface area (Å²) in [6, 6.07) is 0. The minimum atomic E-state index is -0.343. The molecule has 0 spiro atoms. The molecular formula is C17H24O3. The molecule has 0 aromatic rings. The van der Waals surface area contributed by atoms with Crippen molar-refractivity contribution in [3.05, 3.63) is 23.8 Å². The summed E-state index contributed by atoms with van der Waals surface area (Å²) in [7, 11) is 0. The van der Waals surface area contributed by atoms with Crippen LogP contribution in [0.4, 0.5) is 0 Å². The fourth-order valence-electron chi connectivity index (χ4n) is 3.47. The van der Waals surface area contributed by atoms with Crippen LogP contribution >= 0.6 is 0 Å². The maximum Gasteiger partial charge on any atom is 0.302 e. The summed E-state index contributed by atoms with van der Waals surface area (Å²) in [6.07, 6.45) is 5.33. The molecule has 2 atom stereocenters. The first-order valence-corrected chi connectivity index (χ1v) is 7.34. The number of hydrogen-bond acceptors (Lipinski definition) is 3. The molecule has 3 heteroatoms. The zero-order valence-corrected chi connectivity index (χ0v) is 12.7. The topological polar surface area (TPSA) is 43.4 Å². The predicted octanol–water partition coefficient (Wildman–Crippen LogP) is 3.45. The lowest BCUT2D eigenvalue weighted by Gasteiger charge is -2.52. The van der Waals surface area contributed by atoms with Gasteiger partial charge in [0.1, 0.15) is 6.61 Å². The molecule has 20 heavy (non-hydrogen) atoms. The molecule has 0 saturated heterocycles. The molecule has 3 nitrogen and oxygen atoms in total. The van der Waals surface area contributed by atoms with Crippen LogP contribution in [0.15, 0.2) is 23.8 Å². The molecule has 2 rings (SSSR count). The summed E-state index contributed by atoms with van der Waals surface area (Å²) in [5.74, 6) is 0.644. The lowest BCUT2D eigenvalue weighted by molar-refractivity contribution is -0.140. The molecule has 1 fully saturated rings. The molecule has 0 unspecified atom stereocenters. The van der Waals surface area contributed by atoms with Gasteiger partial charge in [-0.1, -0.05) is 32.1 Å². The van der Waals surface area contributed by atoms with E-state index in [-0.39, 0.29) is 23.8 Å². The van der Waals surface area contributed by atoms with Crippen molar-refractivity contribution < 1.29 is 14.3 Å². The highest BCUT2D eigenvalue weighted by molar-refractivity contribution is 5.96. The highest BCUT2D eigenvalue weighted by Gasteiger charge is 2.48. The summed E-state index contributed by atoms with van der Waals surface area (Å²) in [6.45, 7) is 10.1. The van der Waals surface area contributed by atoms with Crippen LogP contribution in [0.2, 0.25) is 0 Å². The van der Waals surface area contributed by atoms with Gasteiger partial charge in [0.15, 0.2) is 5.78 Å². The Labute approximate surface area is 121 Å². The fourth-order valence-corrected chi connectivity index (χ4v) is 3.47. The van der Waals surface area contributed by atoms with E-state index in [1.807, 2.05) is 6.08 Å². The van der Waals surface area contributed by atoms with Crippen LogP contribution in [0.3, 0.4) is 0 Å². The number of ketones is 1. The first kappa shape index (κ1) is 15.0. The molecule has 110 valence electrons. The number of ether oxygens (including phenoxy) is 1. The molecule has 2 aliphatic carbocycles. The normalized spacial score (nSPS) is 31.9. The Kier molecular flexibility index (Phi) is 4.17. The van der Waals surface area contributed by atoms with Gasteiger partial charge in [-0.25, -0.2) is 0 Å². The van der Waals surface area contributed by atoms with Crippen molar-refractivity contribution >= 4 is 11.8 Å². The highest BCUT2D eigenvalue weighted by atomic mass is 16.5. The quantitative estimate of drug-likeness (QED) is 0.573. The van der Waals surface area contributed by atoms with E-state index in [0.29, 0.717) is 23.8 Å². The van der Waals surface area contributed by atoms with E-state index in [9.17, 15) is 9.59 Å². The first-order valence-electron chi connectivity index (χ1n) is 7.34. The average Bonchev–Trinajstić information content (AvgIpc) is 2.40. The molecule has 0 bridgehead atoms. The second-order valence-corrected chi connectivity index (χ2v) is 6.74. The zero-order chi connectivity index (χ0) is 14.9. The Morgan fingerprint density at radius 1 is 1.50 bits per heavy atom. The van der Waals surface area contributed by atoms with Crippen molar-refractivity contribution in [2.75, 3.05) is 6.61 Å². The van der Waals surface area contributed by atoms with Gasteiger partial charge in [-0.3, -0.25) is 9.59 Å². The predicted molar refractivity (Wildman–Crippen MR) is 78.1 cm³/mol. The standard InChI is InChI=1S/C17H24O3/c1-11-6-5-7-13(10-20-12(2)18)16(19)8-15-14(11)9-17(15,3)4/h7,14-15H,1,5-6,8-10H2,2-4H3/b13-7-/t14-,15-/m1/s1. The third-order valence-corrected chi connectivity index (χ3v) is 4.81. The van der Waals surface area contributed by atoms with Gasteiger partial charge in [0.25, 0.3) is 0 Å². The monoisotopic (exact) mass is 276 g/mol. The zero-order valence-electron chi connectivity index (χ0n) is 12.7. The molecule has 0 aliphatic heterocycles. The van der Waals surface area contributed by atoms with Crippen LogP contribution in [0.25, 0.3) is 0 Å². The van der Waals surface area contributed by atoms with E-state index in [2.05, 4.69) is 20.4 Å². The van der Waals surface area contributed by atoms with Crippen molar-refractivity contribution in [1.29, 1.82) is 0 Å². The Morgan fingerprint density at radius 3 is 2.80 bits per heavy atom. The van der Waals surface area contributed by atoms with Crippen molar-refractivity contribution in [2.45, 2.75) is 46.5 Å². The van der Waals surface area contributed by atoms with Crippen LogP contribution in [0.5, 0.6) is 0 Å². The first-order chi connectivity index (χ1) is 9.31. The Hall–Kier alpha value is -1.38. The van der Waals surface area contributed by atoms with Gasteiger partial charge in [0.2, 0.25) is 0 Å². The minimum Gasteiger partial charge on any atom is -0.461 e. The molecule has 2 aliphatic rings. The highest BCUT2D eigenvalue weighted by Crippen LogP contribution is 2.56. The molecule has 1 saturated carbocycles. The molecule has 0 heterocycles. The number of rotatable bonds is 2. The van der Waals surface area contributed by atoms with Crippen molar-refractivity contribution in [2.24, 2.45) is 17.3 Å². The van der Waals surface area contributed by atoms with Gasteiger partial charge in [0.05, 0.1) is 0 Å². The van der Waals surface area contributed by atoms with Crippen molar-refractivity contribution in [3.63, 3.8) is 0 Å². The summed E-state index contributed by atoms with van der Waals surface area (Å²) in [4.78, 5) is 23.4. The number of allylic oxidation sites excluding steroid dienone is 2. The summed E-state index contributed by atoms with van der Waals surface area (Å²) in [5.41, 5.74) is 2.13. The maximum atomic E-state index is 12.4. The van der Waals surface area contributed by atoms with Gasteiger partial charge in [0, 0.05) is 18.9 Å². The van der Waals surface area contributed by atoms with Crippen molar-refractivity contribution in [3.8, 4) is 0 Å². The molecule has 0 aromatic heterocycles. The van der Waals surface area contributed by atoms with E-state index in [0.717, 1.165) is 19.3 Å². The second kappa shape index (κ2) is 5.55. The van der Waals surface area contributed by atoms with Crippen molar-refractivity contribution in [1.82, 2.24) is 0 Å². The number of Topliss-reactive ketones (excluding diaryl/α,β-unsaturated/α-hetero) is 1. The smallest absolute Gasteiger partial charge is 0.302 e. The Morgan fingerprint density at radius 2 is 2.20 bits per heavy atom. The molecular weight excluding hydrogens is 252 g/mol. The number of fused-ring (bicyclic) bond motifs is 1. The Balaban J connectivity index is 2.13. The Bertz CT molecular complexity index is 471. The van der Waals surface area contributed by atoms with Gasteiger partial charge >= 0.3 is 5.97 Å². The van der Waals surface area contributed by atoms with E-state index < -0.39 is 0 Å². The summed E-state index contributed by atoms with van der Waals surface area (Å²) in [5, 5.41) is 0. The number of hydrogen-bond donors (Lipinski definition) is 0. The number of carbonyl (C=O) groups excluding carboxylic acids is 2. The van der Waals surface area contributed by atoms with Gasteiger partial charge in [-0.05, 0) is 36.5 Å². The molecule has 0 radical (unpaired) electrons. The number of esters is 1. The van der Waals surface area contributed by atoms with E-state index in [1.165, 1.54) is 12.5 Å². The van der Waals surface area contributed by atoms with Gasteiger partial charge in [-0.15, -0.1) is 0 Å². The van der Waals surface area contributed by atoms with Crippen LogP contribution in [0.1, 0.15) is 46.5 Å². The minimum absolute atomic E-state index is 0.110. The SMILES string of the molecule is C=C1CC/C=C(/COC(C)=O)C(=O)C[C@@H]2[C@@H]1CC2(C)C. The van der Waals surface area contributed by atoms with Crippen LogP contribution < -0.4 is 0 Å². The summed E-state index contributed by atoms with van der Waals surface area (Å²) >= 11 is 0. The molecule has 0 aromatic carbocycles. The fraction of sp³-hybridized carbons (Fsp3) is 0.647. The van der Waals surface area contributed by atoms with Gasteiger partial charge in [-0.2, -0.15) is 0 Å². The summed E-state index contributed by atoms with van der Waals surface area (Å²) < 4.78 is 5.00. The number of carbonyl (C=O) groups is 2. The second-order valence-electron chi connectivity index (χ2n) is 6.74. The van der Waals surface area contributed by atoms with Gasteiger partial charge < -0.3 is 4.74 Å². The third-order valence-electron chi connectivity index (χ3n) is 4.81. The van der Waals surface area contributed by atoms with Crippen LogP contribution in [-0.4, -0.2) is 18.4 Å². The van der Waals surface area contributed by atoms with E-state index in [1.54, 1.807) is 0 Å². The largest absolute Gasteiger partial charge is 0.461 e.